The molecule has 0 heterocycles. The summed E-state index contributed by atoms with van der Waals surface area (Å²) >= 11 is 0. The molecule has 1 aliphatic carbocycles. The molecule has 8 heteroatoms. The lowest BCUT2D eigenvalue weighted by atomic mass is 9.96. The molecule has 0 bridgehead atoms. The van der Waals surface area contributed by atoms with Crippen LogP contribution in [0.15, 0.2) is 48.5 Å². The number of rotatable bonds is 11. The molecule has 2 unspecified atom stereocenters. The van der Waals surface area contributed by atoms with Crippen molar-refractivity contribution < 1.29 is 24.2 Å². The van der Waals surface area contributed by atoms with Crippen LogP contribution in [0.4, 0.5) is 4.79 Å². The summed E-state index contributed by atoms with van der Waals surface area (Å²) in [5.41, 5.74) is 1.06. The van der Waals surface area contributed by atoms with Crippen molar-refractivity contribution in [3.8, 4) is 18.1 Å². The lowest BCUT2D eigenvalue weighted by molar-refractivity contribution is -0.143. The number of amides is 3. The van der Waals surface area contributed by atoms with Crippen molar-refractivity contribution in [1.82, 2.24) is 15.5 Å². The predicted octanol–water partition coefficient (Wildman–Crippen LogP) is 4.46. The Hall–Kier alpha value is -3.99. The Balaban J connectivity index is 2.02. The molecule has 3 rings (SSSR count). The van der Waals surface area contributed by atoms with Crippen molar-refractivity contribution in [2.45, 2.75) is 83.5 Å². The highest BCUT2D eigenvalue weighted by Gasteiger charge is 2.44. The zero-order valence-electron chi connectivity index (χ0n) is 23.2. The van der Waals surface area contributed by atoms with Crippen LogP contribution < -0.4 is 10.6 Å². The fraction of sp³-hybridized carbons (Fsp3) is 0.452. The molecule has 1 fully saturated rings. The second kappa shape index (κ2) is 13.2. The number of carbonyl (C=O) groups is 3. The SMILES string of the molecule is C#Cc1ccccc1C(C(=O)NCCCC)N(C(=O)C(Cc1ccc(O)cc1)NC(=O)OC(C)(C)C)C1CC1. The normalized spacial score (nSPS) is 14.4. The van der Waals surface area contributed by atoms with Crippen molar-refractivity contribution in [2.75, 3.05) is 6.54 Å². The maximum atomic E-state index is 14.3. The molecule has 3 N–H and O–H groups in total. The number of hydrogen-bond acceptors (Lipinski definition) is 5. The van der Waals surface area contributed by atoms with Gasteiger partial charge in [0.1, 0.15) is 23.4 Å². The fourth-order valence-corrected chi connectivity index (χ4v) is 4.34. The fourth-order valence-electron chi connectivity index (χ4n) is 4.34. The number of terminal acetylenes is 1. The molecular weight excluding hydrogens is 494 g/mol. The molecule has 39 heavy (non-hydrogen) atoms. The molecule has 0 spiro atoms. The van der Waals surface area contributed by atoms with Crippen LogP contribution >= 0.6 is 0 Å². The zero-order valence-corrected chi connectivity index (χ0v) is 23.2. The van der Waals surface area contributed by atoms with Crippen LogP contribution in [0.3, 0.4) is 0 Å². The summed E-state index contributed by atoms with van der Waals surface area (Å²) in [6.07, 6.45) is 8.39. The molecule has 2 aromatic carbocycles. The predicted molar refractivity (Wildman–Crippen MR) is 150 cm³/mol. The molecule has 0 aliphatic heterocycles. The number of phenolic OH excluding ortho intramolecular Hbond substituents is 1. The van der Waals surface area contributed by atoms with E-state index in [2.05, 4.69) is 16.6 Å². The van der Waals surface area contributed by atoms with E-state index in [1.54, 1.807) is 62.1 Å². The van der Waals surface area contributed by atoms with Crippen LogP contribution in [0.25, 0.3) is 0 Å². The molecule has 3 amide bonds. The van der Waals surface area contributed by atoms with Gasteiger partial charge < -0.3 is 25.4 Å². The van der Waals surface area contributed by atoms with Crippen LogP contribution in [0.1, 0.15) is 76.1 Å². The molecule has 8 nitrogen and oxygen atoms in total. The van der Waals surface area contributed by atoms with Gasteiger partial charge in [0, 0.05) is 24.6 Å². The monoisotopic (exact) mass is 533 g/mol. The van der Waals surface area contributed by atoms with Crippen molar-refractivity contribution >= 4 is 17.9 Å². The van der Waals surface area contributed by atoms with Gasteiger partial charge in [-0.25, -0.2) is 4.79 Å². The van der Waals surface area contributed by atoms with Crippen LogP contribution in [0, 0.1) is 12.3 Å². The summed E-state index contributed by atoms with van der Waals surface area (Å²) in [4.78, 5) is 42.4. The quantitative estimate of drug-likeness (QED) is 0.292. The molecule has 0 saturated heterocycles. The Morgan fingerprint density at radius 3 is 2.38 bits per heavy atom. The molecule has 0 radical (unpaired) electrons. The highest BCUT2D eigenvalue weighted by atomic mass is 16.6. The highest BCUT2D eigenvalue weighted by Crippen LogP contribution is 2.37. The van der Waals surface area contributed by atoms with Gasteiger partial charge in [-0.05, 0) is 69.4 Å². The third-order valence-corrected chi connectivity index (χ3v) is 6.33. The van der Waals surface area contributed by atoms with Crippen LogP contribution in [-0.4, -0.2) is 52.1 Å². The van der Waals surface area contributed by atoms with E-state index in [-0.39, 0.29) is 24.1 Å². The van der Waals surface area contributed by atoms with Crippen molar-refractivity contribution in [2.24, 2.45) is 0 Å². The van der Waals surface area contributed by atoms with E-state index < -0.39 is 29.7 Å². The Morgan fingerprint density at radius 1 is 1.13 bits per heavy atom. The van der Waals surface area contributed by atoms with E-state index in [0.29, 0.717) is 17.7 Å². The number of ether oxygens (including phenoxy) is 1. The van der Waals surface area contributed by atoms with Gasteiger partial charge in [-0.3, -0.25) is 9.59 Å². The van der Waals surface area contributed by atoms with E-state index in [0.717, 1.165) is 31.2 Å². The molecule has 2 aromatic rings. The van der Waals surface area contributed by atoms with Crippen molar-refractivity contribution in [3.05, 3.63) is 65.2 Å². The standard InChI is InChI=1S/C31H39N3O5/c1-6-8-19-32-28(36)27(25-12-10-9-11-22(25)7-2)34(23-15-16-23)29(37)26(33-30(38)39-31(3,4)5)20-21-13-17-24(35)18-14-21/h2,9-14,17-18,23,26-27,35H,6,8,15-16,19-20H2,1,3-5H3,(H,32,36)(H,33,38). The van der Waals surface area contributed by atoms with Gasteiger partial charge in [0.2, 0.25) is 11.8 Å². The first kappa shape index (κ1) is 29.6. The summed E-state index contributed by atoms with van der Waals surface area (Å²) in [7, 11) is 0. The van der Waals surface area contributed by atoms with Crippen molar-refractivity contribution in [1.29, 1.82) is 0 Å². The smallest absolute Gasteiger partial charge is 0.408 e. The van der Waals surface area contributed by atoms with Crippen molar-refractivity contribution in [3.63, 3.8) is 0 Å². The van der Waals surface area contributed by atoms with E-state index in [9.17, 15) is 19.5 Å². The van der Waals surface area contributed by atoms with E-state index in [1.807, 2.05) is 6.92 Å². The van der Waals surface area contributed by atoms with Gasteiger partial charge in [-0.2, -0.15) is 0 Å². The van der Waals surface area contributed by atoms with Gasteiger partial charge in [0.05, 0.1) is 0 Å². The first-order valence-corrected chi connectivity index (χ1v) is 13.5. The van der Waals surface area contributed by atoms with E-state index >= 15 is 0 Å². The minimum atomic E-state index is -1.02. The number of nitrogens with zero attached hydrogens (tertiary/aromatic N) is 1. The van der Waals surface area contributed by atoms with Gasteiger partial charge in [0.15, 0.2) is 0 Å². The van der Waals surface area contributed by atoms with Gasteiger partial charge >= 0.3 is 6.09 Å². The summed E-state index contributed by atoms with van der Waals surface area (Å²) in [5, 5.41) is 15.4. The molecule has 1 saturated carbocycles. The molecule has 2 atom stereocenters. The summed E-state index contributed by atoms with van der Waals surface area (Å²) < 4.78 is 5.46. The topological polar surface area (TPSA) is 108 Å². The average molecular weight is 534 g/mol. The number of phenols is 1. The number of aromatic hydroxyl groups is 1. The molecule has 0 aromatic heterocycles. The van der Waals surface area contributed by atoms with Gasteiger partial charge in [-0.15, -0.1) is 6.42 Å². The number of unbranched alkanes of at least 4 members (excludes halogenated alkanes) is 1. The van der Waals surface area contributed by atoms with Gasteiger partial charge in [0.25, 0.3) is 0 Å². The average Bonchev–Trinajstić information content (AvgIpc) is 3.72. The third-order valence-electron chi connectivity index (χ3n) is 6.33. The van der Waals surface area contributed by atoms with Crippen LogP contribution in [-0.2, 0) is 20.7 Å². The first-order valence-electron chi connectivity index (χ1n) is 13.5. The Kier molecular flexibility index (Phi) is 10.00. The second-order valence-corrected chi connectivity index (χ2v) is 10.8. The number of alkyl carbamates (subject to hydrolysis) is 1. The molecular formula is C31H39N3O5. The lowest BCUT2D eigenvalue weighted by Gasteiger charge is -2.35. The summed E-state index contributed by atoms with van der Waals surface area (Å²) in [6, 6.07) is 11.4. The number of nitrogens with one attached hydrogen (secondary N) is 2. The summed E-state index contributed by atoms with van der Waals surface area (Å²) in [6.45, 7) is 7.74. The van der Waals surface area contributed by atoms with Crippen LogP contribution in [0.5, 0.6) is 5.75 Å². The largest absolute Gasteiger partial charge is 0.508 e. The molecule has 1 aliphatic rings. The van der Waals surface area contributed by atoms with Gasteiger partial charge in [-0.1, -0.05) is 49.6 Å². The van der Waals surface area contributed by atoms with E-state index in [4.69, 9.17) is 11.2 Å². The highest BCUT2D eigenvalue weighted by molar-refractivity contribution is 5.93. The Bertz CT molecular complexity index is 1190. The van der Waals surface area contributed by atoms with E-state index in [1.165, 1.54) is 12.1 Å². The minimum Gasteiger partial charge on any atom is -0.508 e. The third kappa shape index (κ3) is 8.51. The second-order valence-electron chi connectivity index (χ2n) is 10.8. The molecule has 208 valence electrons. The lowest BCUT2D eigenvalue weighted by Crippen LogP contribution is -2.54. The maximum Gasteiger partial charge on any atom is 0.408 e. The summed E-state index contributed by atoms with van der Waals surface area (Å²) in [5.74, 6) is 2.03. The Labute approximate surface area is 231 Å². The zero-order chi connectivity index (χ0) is 28.6. The minimum absolute atomic E-state index is 0.0936. The number of carbonyl (C=O) groups excluding carboxylic acids is 3. The Morgan fingerprint density at radius 2 is 1.79 bits per heavy atom. The number of benzene rings is 2. The maximum absolute atomic E-state index is 14.3. The van der Waals surface area contributed by atoms with Crippen LogP contribution in [0.2, 0.25) is 0 Å². The number of hydrogen-bond donors (Lipinski definition) is 3. The first-order chi connectivity index (χ1) is 18.5.